The molecule has 19 heavy (non-hydrogen) atoms. The van der Waals surface area contributed by atoms with Crippen molar-refractivity contribution in [2.24, 2.45) is 11.7 Å². The minimum absolute atomic E-state index is 0.0588. The zero-order valence-corrected chi connectivity index (χ0v) is 11.9. The van der Waals surface area contributed by atoms with Crippen molar-refractivity contribution in [1.82, 2.24) is 14.6 Å². The number of aromatic nitrogens is 3. The van der Waals surface area contributed by atoms with Gasteiger partial charge in [-0.3, -0.25) is 4.98 Å². The van der Waals surface area contributed by atoms with Crippen LogP contribution in [0.4, 0.5) is 0 Å². The van der Waals surface area contributed by atoms with Gasteiger partial charge >= 0.3 is 0 Å². The second-order valence-electron chi connectivity index (χ2n) is 5.26. The summed E-state index contributed by atoms with van der Waals surface area (Å²) < 4.78 is 1.84. The number of nitrogens with zero attached hydrogens (tertiary/aromatic N) is 3. The monoisotopic (exact) mass is 260 g/mol. The van der Waals surface area contributed by atoms with Crippen LogP contribution in [0, 0.1) is 5.92 Å². The van der Waals surface area contributed by atoms with Crippen molar-refractivity contribution in [1.29, 1.82) is 0 Å². The molecule has 0 saturated carbocycles. The normalized spacial score (nSPS) is 14.7. The predicted octanol–water partition coefficient (Wildman–Crippen LogP) is 3.34. The third-order valence-corrected chi connectivity index (χ3v) is 3.88. The third-order valence-electron chi connectivity index (χ3n) is 3.88. The molecule has 2 aromatic heterocycles. The first kappa shape index (κ1) is 14.0. The summed E-state index contributed by atoms with van der Waals surface area (Å²) in [6, 6.07) is 0.0588. The lowest BCUT2D eigenvalue weighted by Gasteiger charge is -2.19. The summed E-state index contributed by atoms with van der Waals surface area (Å²) in [7, 11) is 0. The Hall–Kier alpha value is -1.42. The lowest BCUT2D eigenvalue weighted by Crippen LogP contribution is -2.15. The molecule has 0 aliphatic heterocycles. The molecule has 2 N–H and O–H groups in total. The second-order valence-corrected chi connectivity index (χ2v) is 5.26. The fourth-order valence-electron chi connectivity index (χ4n) is 2.61. The first-order chi connectivity index (χ1) is 9.26. The van der Waals surface area contributed by atoms with Crippen LogP contribution < -0.4 is 5.73 Å². The van der Waals surface area contributed by atoms with Gasteiger partial charge in [0.05, 0.1) is 17.9 Å². The Morgan fingerprint density at radius 1 is 1.32 bits per heavy atom. The number of fused-ring (bicyclic) bond motifs is 1. The fourth-order valence-corrected chi connectivity index (χ4v) is 2.61. The molecular formula is C15H24N4. The van der Waals surface area contributed by atoms with Gasteiger partial charge in [0.1, 0.15) is 0 Å². The highest BCUT2D eigenvalue weighted by Gasteiger charge is 2.16. The molecule has 0 fully saturated rings. The average molecular weight is 260 g/mol. The largest absolute Gasteiger partial charge is 0.324 e. The van der Waals surface area contributed by atoms with Crippen LogP contribution in [-0.2, 0) is 0 Å². The van der Waals surface area contributed by atoms with Gasteiger partial charge in [0.15, 0.2) is 0 Å². The van der Waals surface area contributed by atoms with Gasteiger partial charge in [-0.2, -0.15) is 5.10 Å². The van der Waals surface area contributed by atoms with E-state index in [2.05, 4.69) is 23.9 Å². The molecule has 0 amide bonds. The smallest absolute Gasteiger partial charge is 0.0892 e. The summed E-state index contributed by atoms with van der Waals surface area (Å²) in [5.41, 5.74) is 8.51. The second kappa shape index (κ2) is 6.66. The molecular weight excluding hydrogens is 236 g/mol. The Balaban J connectivity index is 2.08. The average Bonchev–Trinajstić information content (AvgIpc) is 2.87. The van der Waals surface area contributed by atoms with E-state index >= 15 is 0 Å². The van der Waals surface area contributed by atoms with Gasteiger partial charge in [0.25, 0.3) is 0 Å². The molecule has 2 unspecified atom stereocenters. The molecule has 2 aromatic rings. The van der Waals surface area contributed by atoms with E-state index in [4.69, 9.17) is 5.73 Å². The quantitative estimate of drug-likeness (QED) is 0.830. The van der Waals surface area contributed by atoms with Crippen molar-refractivity contribution in [2.45, 2.75) is 52.0 Å². The Kier molecular flexibility index (Phi) is 4.91. The minimum Gasteiger partial charge on any atom is -0.324 e. The summed E-state index contributed by atoms with van der Waals surface area (Å²) in [5.74, 6) is 0.710. The van der Waals surface area contributed by atoms with Crippen LogP contribution in [0.3, 0.4) is 0 Å². The van der Waals surface area contributed by atoms with Gasteiger partial charge in [-0.1, -0.05) is 39.5 Å². The van der Waals surface area contributed by atoms with Crippen molar-refractivity contribution >= 4 is 5.52 Å². The van der Waals surface area contributed by atoms with Crippen LogP contribution in [0.5, 0.6) is 0 Å². The van der Waals surface area contributed by atoms with E-state index in [1.54, 1.807) is 6.20 Å². The molecule has 0 bridgehead atoms. The Bertz CT molecular complexity index is 506. The number of hydrogen-bond acceptors (Lipinski definition) is 3. The number of hydrogen-bond donors (Lipinski definition) is 1. The molecule has 2 heterocycles. The van der Waals surface area contributed by atoms with Gasteiger partial charge in [-0.25, -0.2) is 4.52 Å². The highest BCUT2D eigenvalue weighted by Crippen LogP contribution is 2.27. The van der Waals surface area contributed by atoms with Gasteiger partial charge in [0, 0.05) is 24.0 Å². The maximum absolute atomic E-state index is 6.37. The highest BCUT2D eigenvalue weighted by molar-refractivity contribution is 5.53. The molecule has 0 aromatic carbocycles. The zero-order valence-electron chi connectivity index (χ0n) is 11.9. The molecule has 0 spiro atoms. The van der Waals surface area contributed by atoms with E-state index in [0.717, 1.165) is 17.5 Å². The summed E-state index contributed by atoms with van der Waals surface area (Å²) in [6.07, 6.45) is 13.4. The van der Waals surface area contributed by atoms with Gasteiger partial charge in [-0.05, 0) is 12.3 Å². The molecule has 0 aliphatic carbocycles. The zero-order chi connectivity index (χ0) is 13.7. The van der Waals surface area contributed by atoms with Crippen molar-refractivity contribution in [3.8, 4) is 0 Å². The SMILES string of the molecule is CCCCC(CC)CC(N)c1cnn2ccncc12. The lowest BCUT2D eigenvalue weighted by atomic mass is 9.90. The molecule has 4 nitrogen and oxygen atoms in total. The predicted molar refractivity (Wildman–Crippen MR) is 77.8 cm³/mol. The van der Waals surface area contributed by atoms with E-state index in [-0.39, 0.29) is 6.04 Å². The van der Waals surface area contributed by atoms with Crippen LogP contribution in [0.25, 0.3) is 5.52 Å². The molecule has 0 radical (unpaired) electrons. The minimum atomic E-state index is 0.0588. The maximum Gasteiger partial charge on any atom is 0.0892 e. The van der Waals surface area contributed by atoms with E-state index in [0.29, 0.717) is 5.92 Å². The topological polar surface area (TPSA) is 56.2 Å². The maximum atomic E-state index is 6.37. The fraction of sp³-hybridized carbons (Fsp3) is 0.600. The number of rotatable bonds is 7. The van der Waals surface area contributed by atoms with Crippen LogP contribution in [0.15, 0.2) is 24.8 Å². The van der Waals surface area contributed by atoms with Gasteiger partial charge in [0.2, 0.25) is 0 Å². The summed E-state index contributed by atoms with van der Waals surface area (Å²) in [5, 5.41) is 4.33. The van der Waals surface area contributed by atoms with E-state index < -0.39 is 0 Å². The van der Waals surface area contributed by atoms with Gasteiger partial charge in [-0.15, -0.1) is 0 Å². The van der Waals surface area contributed by atoms with Gasteiger partial charge < -0.3 is 5.73 Å². The summed E-state index contributed by atoms with van der Waals surface area (Å²) >= 11 is 0. The summed E-state index contributed by atoms with van der Waals surface area (Å²) in [4.78, 5) is 4.16. The van der Waals surface area contributed by atoms with E-state index in [9.17, 15) is 0 Å². The molecule has 2 rings (SSSR count). The summed E-state index contributed by atoms with van der Waals surface area (Å²) in [6.45, 7) is 4.49. The first-order valence-electron chi connectivity index (χ1n) is 7.29. The molecule has 0 aliphatic rings. The Labute approximate surface area is 115 Å². The number of nitrogens with two attached hydrogens (primary N) is 1. The van der Waals surface area contributed by atoms with Crippen LogP contribution in [0.1, 0.15) is 57.6 Å². The van der Waals surface area contributed by atoms with Crippen molar-refractivity contribution in [3.05, 3.63) is 30.4 Å². The molecule has 104 valence electrons. The standard InChI is InChI=1S/C15H24N4/c1-3-5-6-12(4-2)9-14(16)13-10-18-19-8-7-17-11-15(13)19/h7-8,10-12,14H,3-6,9,16H2,1-2H3. The molecule has 2 atom stereocenters. The van der Waals surface area contributed by atoms with Crippen LogP contribution in [-0.4, -0.2) is 14.6 Å². The molecule has 4 heteroatoms. The third kappa shape index (κ3) is 3.32. The number of unbranched alkanes of at least 4 members (excludes halogenated alkanes) is 1. The van der Waals surface area contributed by atoms with E-state index in [1.807, 2.05) is 23.1 Å². The van der Waals surface area contributed by atoms with E-state index in [1.165, 1.54) is 25.7 Å². The Morgan fingerprint density at radius 2 is 2.16 bits per heavy atom. The first-order valence-corrected chi connectivity index (χ1v) is 7.29. The van der Waals surface area contributed by atoms with Crippen LogP contribution >= 0.6 is 0 Å². The van der Waals surface area contributed by atoms with Crippen LogP contribution in [0.2, 0.25) is 0 Å². The van der Waals surface area contributed by atoms with Crippen molar-refractivity contribution in [2.75, 3.05) is 0 Å². The van der Waals surface area contributed by atoms with Crippen molar-refractivity contribution in [3.63, 3.8) is 0 Å². The highest BCUT2D eigenvalue weighted by atomic mass is 15.2. The van der Waals surface area contributed by atoms with Crippen molar-refractivity contribution < 1.29 is 0 Å². The lowest BCUT2D eigenvalue weighted by molar-refractivity contribution is 0.389. The molecule has 0 saturated heterocycles. The Morgan fingerprint density at radius 3 is 2.89 bits per heavy atom.